The molecule has 1 aromatic heterocycles. The first-order valence-corrected chi connectivity index (χ1v) is 15.5. The number of nitrogens with one attached hydrogen (secondary N) is 2. The molecular formula is C31H38N4O4S. The van der Waals surface area contributed by atoms with Gasteiger partial charge in [0.05, 0.1) is 29.5 Å². The predicted molar refractivity (Wildman–Crippen MR) is 158 cm³/mol. The first kappa shape index (κ1) is 28.0. The van der Waals surface area contributed by atoms with Crippen molar-refractivity contribution in [3.8, 4) is 0 Å². The summed E-state index contributed by atoms with van der Waals surface area (Å²) in [7, 11) is -1.91. The molecule has 2 aliphatic rings. The molecule has 2 heterocycles. The topological polar surface area (TPSA) is 104 Å². The molecule has 0 saturated carbocycles. The number of aromatic nitrogens is 1. The van der Waals surface area contributed by atoms with Gasteiger partial charge >= 0.3 is 0 Å². The number of sulfonamides is 1. The monoisotopic (exact) mass is 562 g/mol. The second-order valence-electron chi connectivity index (χ2n) is 10.8. The average Bonchev–Trinajstić information content (AvgIpc) is 3.27. The molecule has 0 saturated heterocycles. The van der Waals surface area contributed by atoms with Gasteiger partial charge in [-0.15, -0.1) is 0 Å². The molecule has 1 amide bonds. The van der Waals surface area contributed by atoms with Gasteiger partial charge in [0.2, 0.25) is 15.9 Å². The smallest absolute Gasteiger partial charge is 0.235 e. The van der Waals surface area contributed by atoms with E-state index in [0.29, 0.717) is 25.0 Å². The number of hydrogen-bond acceptors (Lipinski definition) is 5. The largest absolute Gasteiger partial charge is 0.389 e. The first-order chi connectivity index (χ1) is 19.2. The normalized spacial score (nSPS) is 19.1. The lowest BCUT2D eigenvalue weighted by molar-refractivity contribution is -0.125. The van der Waals surface area contributed by atoms with Gasteiger partial charge in [-0.2, -0.15) is 0 Å². The Hall–Kier alpha value is -3.56. The van der Waals surface area contributed by atoms with Crippen LogP contribution in [0.4, 0.5) is 5.69 Å². The minimum Gasteiger partial charge on any atom is -0.389 e. The number of amides is 1. The summed E-state index contributed by atoms with van der Waals surface area (Å²) in [5.41, 5.74) is 6.53. The minimum atomic E-state index is -3.49. The van der Waals surface area contributed by atoms with E-state index >= 15 is 0 Å². The molecule has 3 N–H and O–H groups in total. The van der Waals surface area contributed by atoms with E-state index in [1.54, 1.807) is 13.1 Å². The average molecular weight is 563 g/mol. The van der Waals surface area contributed by atoms with E-state index in [9.17, 15) is 18.3 Å². The highest BCUT2D eigenvalue weighted by Gasteiger charge is 2.37. The Morgan fingerprint density at radius 2 is 1.93 bits per heavy atom. The number of aliphatic hydroxyl groups excluding tert-OH is 1. The van der Waals surface area contributed by atoms with Crippen LogP contribution >= 0.6 is 0 Å². The number of carbonyl (C=O) groups is 1. The predicted octanol–water partition coefficient (Wildman–Crippen LogP) is 3.35. The molecule has 40 heavy (non-hydrogen) atoms. The van der Waals surface area contributed by atoms with Crippen LogP contribution in [0.1, 0.15) is 34.9 Å². The maximum atomic E-state index is 13.8. The van der Waals surface area contributed by atoms with Crippen molar-refractivity contribution < 1.29 is 18.3 Å². The van der Waals surface area contributed by atoms with Crippen molar-refractivity contribution in [2.24, 2.45) is 5.92 Å². The van der Waals surface area contributed by atoms with Crippen LogP contribution in [-0.2, 0) is 40.6 Å². The molecule has 0 radical (unpaired) electrons. The molecule has 9 heteroatoms. The Balaban J connectivity index is 1.40. The summed E-state index contributed by atoms with van der Waals surface area (Å²) in [6.07, 6.45) is 4.36. The van der Waals surface area contributed by atoms with Gasteiger partial charge < -0.3 is 20.3 Å². The van der Waals surface area contributed by atoms with Gasteiger partial charge in [0, 0.05) is 49.7 Å². The van der Waals surface area contributed by atoms with Crippen LogP contribution in [0.5, 0.6) is 0 Å². The molecule has 3 atom stereocenters. The number of benzene rings is 2. The quantitative estimate of drug-likeness (QED) is 0.371. The highest BCUT2D eigenvalue weighted by Crippen LogP contribution is 2.39. The summed E-state index contributed by atoms with van der Waals surface area (Å²) < 4.78 is 29.3. The van der Waals surface area contributed by atoms with E-state index in [2.05, 4.69) is 22.1 Å². The van der Waals surface area contributed by atoms with Crippen molar-refractivity contribution in [3.05, 3.63) is 94.8 Å². The molecule has 2 aromatic carbocycles. The highest BCUT2D eigenvalue weighted by atomic mass is 32.2. The molecule has 1 unspecified atom stereocenters. The van der Waals surface area contributed by atoms with Gasteiger partial charge in [-0.1, -0.05) is 42.5 Å². The van der Waals surface area contributed by atoms with Gasteiger partial charge in [-0.3, -0.25) is 9.10 Å². The summed E-state index contributed by atoms with van der Waals surface area (Å²) in [6.45, 7) is 5.07. The van der Waals surface area contributed by atoms with Gasteiger partial charge in [0.15, 0.2) is 0 Å². The third-order valence-corrected chi connectivity index (χ3v) is 9.74. The number of aliphatic hydroxyl groups is 1. The van der Waals surface area contributed by atoms with E-state index in [4.69, 9.17) is 0 Å². The molecule has 1 aliphatic heterocycles. The van der Waals surface area contributed by atoms with E-state index in [1.807, 2.05) is 67.7 Å². The van der Waals surface area contributed by atoms with Crippen molar-refractivity contribution in [3.63, 3.8) is 0 Å². The van der Waals surface area contributed by atoms with E-state index in [0.717, 1.165) is 40.2 Å². The molecular weight excluding hydrogens is 524 g/mol. The number of nitrogens with zero attached hydrogens (tertiary/aromatic N) is 2. The Kier molecular flexibility index (Phi) is 8.05. The molecule has 0 bridgehead atoms. The van der Waals surface area contributed by atoms with Gasteiger partial charge in [-0.05, 0) is 61.6 Å². The van der Waals surface area contributed by atoms with Crippen molar-refractivity contribution >= 4 is 27.3 Å². The molecule has 0 spiro atoms. The summed E-state index contributed by atoms with van der Waals surface area (Å²) in [5.74, 6) is -0.757. The Labute approximate surface area is 236 Å². The number of hydrogen-bond donors (Lipinski definition) is 3. The third kappa shape index (κ3) is 5.81. The number of aryl methyl sites for hydroxylation is 3. The summed E-state index contributed by atoms with van der Waals surface area (Å²) >= 11 is 0. The van der Waals surface area contributed by atoms with Crippen LogP contribution in [0.25, 0.3) is 5.70 Å². The summed E-state index contributed by atoms with van der Waals surface area (Å²) in [6, 6.07) is 17.2. The van der Waals surface area contributed by atoms with Crippen molar-refractivity contribution in [2.45, 2.75) is 51.8 Å². The molecule has 5 rings (SSSR count). The Morgan fingerprint density at radius 3 is 2.65 bits per heavy atom. The van der Waals surface area contributed by atoms with E-state index < -0.39 is 28.1 Å². The zero-order chi connectivity index (χ0) is 28.4. The highest BCUT2D eigenvalue weighted by molar-refractivity contribution is 7.89. The number of rotatable bonds is 9. The van der Waals surface area contributed by atoms with Gasteiger partial charge in [-0.25, -0.2) is 8.42 Å². The first-order valence-electron chi connectivity index (χ1n) is 13.9. The minimum absolute atomic E-state index is 0.0388. The zero-order valence-corrected chi connectivity index (χ0v) is 24.1. The second-order valence-corrected chi connectivity index (χ2v) is 12.9. The summed E-state index contributed by atoms with van der Waals surface area (Å²) in [5, 5.41) is 17.7. The second kappa shape index (κ2) is 11.5. The maximum absolute atomic E-state index is 13.8. The SMILES string of the molecule is CCn1cc2c3c1CC(C(=O)N[C@@H](Cc1ccccc1)[C@H](O)CNc1cccc(C)c1)C=C3N(C)S(=O)(=O)CC2. The fraction of sp³-hybridized carbons (Fsp3) is 0.387. The van der Waals surface area contributed by atoms with Gasteiger partial charge in [0.1, 0.15) is 0 Å². The standard InChI is InChI=1S/C31H38N4O4S/c1-4-35-20-23-13-14-40(38,39)34(3)27-17-24(18-28(35)30(23)27)31(37)33-26(16-22-10-6-5-7-11-22)29(36)19-32-25-12-8-9-21(2)15-25/h5-12,15,17,20,24,26,29,32,36H,4,13-14,16,18-19H2,1-3H3,(H,33,37)/t24?,26-,29+/m0/s1. The maximum Gasteiger partial charge on any atom is 0.235 e. The van der Waals surface area contributed by atoms with Crippen LogP contribution < -0.4 is 10.6 Å². The molecule has 3 aromatic rings. The number of anilines is 1. The van der Waals surface area contributed by atoms with Crippen molar-refractivity contribution in [1.29, 1.82) is 0 Å². The van der Waals surface area contributed by atoms with Crippen LogP contribution in [0, 0.1) is 12.8 Å². The zero-order valence-electron chi connectivity index (χ0n) is 23.3. The fourth-order valence-corrected chi connectivity index (χ4v) is 6.92. The van der Waals surface area contributed by atoms with Crippen LogP contribution in [0.15, 0.2) is 66.9 Å². The summed E-state index contributed by atoms with van der Waals surface area (Å²) in [4.78, 5) is 13.8. The van der Waals surface area contributed by atoms with E-state index in [1.165, 1.54) is 4.31 Å². The molecule has 8 nitrogen and oxygen atoms in total. The molecule has 212 valence electrons. The van der Waals surface area contributed by atoms with Crippen LogP contribution in [0.2, 0.25) is 0 Å². The Bertz CT molecular complexity index is 1510. The van der Waals surface area contributed by atoms with Crippen LogP contribution in [0.3, 0.4) is 0 Å². The fourth-order valence-electron chi connectivity index (χ4n) is 5.72. The van der Waals surface area contributed by atoms with Crippen molar-refractivity contribution in [2.75, 3.05) is 24.7 Å². The lowest BCUT2D eigenvalue weighted by Gasteiger charge is -2.30. The van der Waals surface area contributed by atoms with Gasteiger partial charge in [0.25, 0.3) is 0 Å². The molecule has 0 fully saturated rings. The third-order valence-electron chi connectivity index (χ3n) is 7.98. The Morgan fingerprint density at radius 1 is 1.15 bits per heavy atom. The lowest BCUT2D eigenvalue weighted by atomic mass is 9.88. The molecule has 1 aliphatic carbocycles. The van der Waals surface area contributed by atoms with E-state index in [-0.39, 0.29) is 18.2 Å². The van der Waals surface area contributed by atoms with Crippen LogP contribution in [-0.4, -0.2) is 59.8 Å². The number of carbonyl (C=O) groups excluding carboxylic acids is 1. The lowest BCUT2D eigenvalue weighted by Crippen LogP contribution is -2.49. The van der Waals surface area contributed by atoms with Crippen molar-refractivity contribution in [1.82, 2.24) is 14.2 Å².